The summed E-state index contributed by atoms with van der Waals surface area (Å²) in [6.07, 6.45) is 3.49. The van der Waals surface area contributed by atoms with Crippen LogP contribution in [0.3, 0.4) is 0 Å². The van der Waals surface area contributed by atoms with E-state index in [1.54, 1.807) is 12.2 Å². The predicted molar refractivity (Wildman–Crippen MR) is 21.8 cm³/mol. The molecule has 1 heteroatoms. The molecular weight excluding hydrogens is 62.1 g/mol. The van der Waals surface area contributed by atoms with Crippen molar-refractivity contribution in [2.45, 2.75) is 6.92 Å². The molecular formula is C4H7N. The van der Waals surface area contributed by atoms with Gasteiger partial charge in [-0.3, -0.25) is 0 Å². The van der Waals surface area contributed by atoms with Crippen LogP contribution in [0.25, 0.3) is 0 Å². The lowest BCUT2D eigenvalue weighted by molar-refractivity contribution is 1.19. The largest absolute Gasteiger partial charge is 0.140 e. The van der Waals surface area contributed by atoms with Crippen molar-refractivity contribution in [1.29, 1.82) is 0 Å². The summed E-state index contributed by atoms with van der Waals surface area (Å²) in [6.45, 7) is 2.03. The number of hydrogen-bond donors (Lipinski definition) is 0. The van der Waals surface area contributed by atoms with Gasteiger partial charge in [-0.1, -0.05) is 12.2 Å². The van der Waals surface area contributed by atoms with Gasteiger partial charge in [-0.15, -0.1) is 5.73 Å². The quantitative estimate of drug-likeness (QED) is 0.403. The maximum absolute atomic E-state index is 7.98. The highest BCUT2D eigenvalue weighted by molar-refractivity contribution is 4.76. The summed E-state index contributed by atoms with van der Waals surface area (Å²) in [5.74, 6) is 0. The number of nitrogens with zero attached hydrogens (tertiary/aromatic N) is 1. The Kier molecular flexibility index (Phi) is 3.48. The molecule has 0 atom stereocenters. The molecule has 0 saturated heterocycles. The van der Waals surface area contributed by atoms with Gasteiger partial charge < -0.3 is 0 Å². The van der Waals surface area contributed by atoms with Gasteiger partial charge in [0.15, 0.2) is 0 Å². The van der Waals surface area contributed by atoms with E-state index in [9.17, 15) is 0 Å². The van der Waals surface area contributed by atoms with E-state index >= 15 is 0 Å². The molecule has 1 nitrogen and oxygen atoms in total. The number of hydrogen-bond acceptors (Lipinski definition) is 0. The maximum Gasteiger partial charge on any atom is 0.0502 e. The fraction of sp³-hybridized carbons (Fsp3) is 0.500. The van der Waals surface area contributed by atoms with Crippen LogP contribution < -0.4 is 5.73 Å². The molecule has 0 bridgehead atoms. The van der Waals surface area contributed by atoms with Crippen molar-refractivity contribution in [3.8, 4) is 0 Å². The van der Waals surface area contributed by atoms with Crippen molar-refractivity contribution in [1.82, 2.24) is 5.73 Å². The van der Waals surface area contributed by atoms with E-state index in [1.165, 1.54) is 0 Å². The first-order valence-electron chi connectivity index (χ1n) is 1.64. The molecule has 0 aliphatic heterocycles. The first kappa shape index (κ1) is 4.70. The van der Waals surface area contributed by atoms with Crippen LogP contribution in [0.4, 0.5) is 0 Å². The minimum Gasteiger partial charge on any atom is -0.140 e. The molecule has 0 aromatic carbocycles. The van der Waals surface area contributed by atoms with Gasteiger partial charge in [0.2, 0.25) is 0 Å². The zero-order chi connectivity index (χ0) is 4.12. The Hall–Kier alpha value is -0.300. The van der Waals surface area contributed by atoms with E-state index in [-0.39, 0.29) is 6.54 Å². The monoisotopic (exact) mass is 69.1 g/mol. The second kappa shape index (κ2) is 3.70. The molecule has 5 heavy (non-hydrogen) atoms. The first-order valence-corrected chi connectivity index (χ1v) is 1.64. The highest BCUT2D eigenvalue weighted by Gasteiger charge is 1.54. The van der Waals surface area contributed by atoms with Gasteiger partial charge in [0.05, 0.1) is 6.54 Å². The molecule has 28 valence electrons. The van der Waals surface area contributed by atoms with E-state index in [1.807, 2.05) is 6.92 Å². The molecule has 0 fully saturated rings. The molecule has 0 unspecified atom stereocenters. The van der Waals surface area contributed by atoms with Crippen molar-refractivity contribution < 1.29 is 0 Å². The molecule has 0 aliphatic carbocycles. The summed E-state index contributed by atoms with van der Waals surface area (Å²) in [6, 6.07) is 0. The Balaban J connectivity index is 2.62. The fourth-order valence-corrected chi connectivity index (χ4v) is 0.105. The van der Waals surface area contributed by atoms with Crippen LogP contribution in [0.5, 0.6) is 0 Å². The Morgan fingerprint density at radius 2 is 2.40 bits per heavy atom. The van der Waals surface area contributed by atoms with E-state index in [4.69, 9.17) is 5.73 Å². The van der Waals surface area contributed by atoms with Crippen LogP contribution in [0.1, 0.15) is 6.92 Å². The fourth-order valence-electron chi connectivity index (χ4n) is 0.105. The van der Waals surface area contributed by atoms with Gasteiger partial charge in [0, 0.05) is 0 Å². The molecule has 0 spiro atoms. The third kappa shape index (κ3) is 3.70. The van der Waals surface area contributed by atoms with E-state index in [0.29, 0.717) is 0 Å². The third-order valence-electron chi connectivity index (χ3n) is 0.341. The van der Waals surface area contributed by atoms with E-state index in [0.717, 1.165) is 0 Å². The lowest BCUT2D eigenvalue weighted by Gasteiger charge is -1.62. The van der Waals surface area contributed by atoms with E-state index in [2.05, 4.69) is 0 Å². The number of rotatable bonds is 1. The second-order valence-electron chi connectivity index (χ2n) is 0.752. The molecule has 0 amide bonds. The van der Waals surface area contributed by atoms with Gasteiger partial charge in [0.25, 0.3) is 0 Å². The van der Waals surface area contributed by atoms with Crippen LogP contribution in [-0.2, 0) is 0 Å². The minimum atomic E-state index is 0.163. The molecule has 0 aromatic heterocycles. The summed E-state index contributed by atoms with van der Waals surface area (Å²) in [4.78, 5) is 0. The summed E-state index contributed by atoms with van der Waals surface area (Å²) >= 11 is 0. The van der Waals surface area contributed by atoms with Crippen molar-refractivity contribution in [3.05, 3.63) is 12.2 Å². The third-order valence-corrected chi connectivity index (χ3v) is 0.341. The van der Waals surface area contributed by atoms with Crippen molar-refractivity contribution >= 4 is 0 Å². The van der Waals surface area contributed by atoms with E-state index < -0.39 is 0 Å². The van der Waals surface area contributed by atoms with Crippen molar-refractivity contribution in [2.24, 2.45) is 0 Å². The zero-order valence-corrected chi connectivity index (χ0v) is 3.31. The molecule has 0 aromatic rings. The van der Waals surface area contributed by atoms with Gasteiger partial charge in [-0.2, -0.15) is 0 Å². The summed E-state index contributed by atoms with van der Waals surface area (Å²) in [7, 11) is 0. The number of allylic oxidation sites excluding steroid dienone is 1. The second-order valence-corrected chi connectivity index (χ2v) is 0.752. The predicted octanol–water partition coefficient (Wildman–Crippen LogP) is 0.631. The highest BCUT2D eigenvalue weighted by Crippen LogP contribution is 1.59. The van der Waals surface area contributed by atoms with Crippen LogP contribution in [0.15, 0.2) is 12.2 Å². The molecule has 2 radical (unpaired) electrons. The lowest BCUT2D eigenvalue weighted by Crippen LogP contribution is -1.70. The topological polar surface area (TPSA) is 22.3 Å². The average molecular weight is 69.1 g/mol. The average Bonchev–Trinajstić information content (AvgIpc) is 1.41. The smallest absolute Gasteiger partial charge is 0.0502 e. The van der Waals surface area contributed by atoms with Gasteiger partial charge >= 0.3 is 0 Å². The zero-order valence-electron chi connectivity index (χ0n) is 3.31. The highest BCUT2D eigenvalue weighted by atomic mass is 14.5. The van der Waals surface area contributed by atoms with Crippen LogP contribution in [0, 0.1) is 0 Å². The van der Waals surface area contributed by atoms with Crippen LogP contribution >= 0.6 is 0 Å². The van der Waals surface area contributed by atoms with Crippen molar-refractivity contribution in [2.75, 3.05) is 6.54 Å². The lowest BCUT2D eigenvalue weighted by atomic mass is 10.5. The Morgan fingerprint density at radius 1 is 1.80 bits per heavy atom. The van der Waals surface area contributed by atoms with Crippen LogP contribution in [0.2, 0.25) is 0 Å². The molecule has 0 heterocycles. The Labute approximate surface area is 32.5 Å². The minimum absolute atomic E-state index is 0.163. The first-order chi connectivity index (χ1) is 2.41. The Bertz CT molecular complexity index is 30.6. The van der Waals surface area contributed by atoms with Gasteiger partial charge in [-0.25, -0.2) is 0 Å². The summed E-state index contributed by atoms with van der Waals surface area (Å²) < 4.78 is 0. The molecule has 0 aliphatic rings. The molecule has 0 N–H and O–H groups in total. The molecule has 0 rings (SSSR count). The molecule has 0 saturated carbocycles. The SMILES string of the molecule is CC=CC[N]. The Morgan fingerprint density at radius 3 is 2.40 bits per heavy atom. The van der Waals surface area contributed by atoms with Crippen LogP contribution in [-0.4, -0.2) is 6.54 Å². The van der Waals surface area contributed by atoms with Gasteiger partial charge in [0.1, 0.15) is 0 Å². The maximum atomic E-state index is 7.98. The standard InChI is InChI=1S/C4H7N/c1-2-3-4-5/h2-3H,4H2,1H3. The summed E-state index contributed by atoms with van der Waals surface area (Å²) in [5.41, 5.74) is 7.98. The normalized spacial score (nSPS) is 10.0. The van der Waals surface area contributed by atoms with Crippen molar-refractivity contribution in [3.63, 3.8) is 0 Å². The van der Waals surface area contributed by atoms with Gasteiger partial charge in [-0.05, 0) is 6.92 Å². The summed E-state index contributed by atoms with van der Waals surface area (Å²) in [5, 5.41) is 0.